The molecule has 2 bridgehead atoms. The Hall–Kier alpha value is -1.40. The van der Waals surface area contributed by atoms with Gasteiger partial charge >= 0.3 is 0 Å². The van der Waals surface area contributed by atoms with Gasteiger partial charge in [-0.3, -0.25) is 4.79 Å². The first-order valence-electron chi connectivity index (χ1n) is 8.03. The minimum absolute atomic E-state index is 0.182. The average Bonchev–Trinajstić information content (AvgIpc) is 3.26. The van der Waals surface area contributed by atoms with Crippen LogP contribution in [-0.4, -0.2) is 48.1 Å². The van der Waals surface area contributed by atoms with Crippen molar-refractivity contribution in [3.63, 3.8) is 0 Å². The Morgan fingerprint density at radius 2 is 2.23 bits per heavy atom. The number of nitrogens with one attached hydrogen (secondary N) is 1. The zero-order valence-electron chi connectivity index (χ0n) is 12.5. The standard InChI is InChI=1S/C16H21N3O2S/c20-15(19-3-5-21-6-4-19)9-13-10-17-16(22-13)18-14-8-11-1-2-12(14)7-11/h1-2,10-12,14H,3-9H2,(H,17,18). The number of rotatable bonds is 4. The first-order valence-corrected chi connectivity index (χ1v) is 8.84. The third-order valence-corrected chi connectivity index (χ3v) is 5.76. The van der Waals surface area contributed by atoms with Gasteiger partial charge in [0, 0.05) is 30.2 Å². The zero-order valence-corrected chi connectivity index (χ0v) is 13.3. The summed E-state index contributed by atoms with van der Waals surface area (Å²) in [5.41, 5.74) is 0. The Morgan fingerprint density at radius 3 is 2.95 bits per heavy atom. The maximum absolute atomic E-state index is 12.2. The van der Waals surface area contributed by atoms with E-state index < -0.39 is 0 Å². The Balaban J connectivity index is 1.33. The van der Waals surface area contributed by atoms with Gasteiger partial charge in [0.15, 0.2) is 5.13 Å². The van der Waals surface area contributed by atoms with Gasteiger partial charge in [-0.1, -0.05) is 12.2 Å². The predicted molar refractivity (Wildman–Crippen MR) is 86.0 cm³/mol. The number of fused-ring (bicyclic) bond motifs is 2. The van der Waals surface area contributed by atoms with Crippen molar-refractivity contribution in [2.24, 2.45) is 11.8 Å². The van der Waals surface area contributed by atoms with Crippen LogP contribution >= 0.6 is 11.3 Å². The zero-order chi connectivity index (χ0) is 14.9. The molecule has 2 aliphatic carbocycles. The number of allylic oxidation sites excluding steroid dienone is 1. The Morgan fingerprint density at radius 1 is 1.36 bits per heavy atom. The van der Waals surface area contributed by atoms with Crippen molar-refractivity contribution < 1.29 is 9.53 Å². The summed E-state index contributed by atoms with van der Waals surface area (Å²) in [6.07, 6.45) is 9.47. The summed E-state index contributed by atoms with van der Waals surface area (Å²) in [5, 5.41) is 4.51. The Labute approximate surface area is 134 Å². The number of anilines is 1. The van der Waals surface area contributed by atoms with Crippen molar-refractivity contribution in [3.8, 4) is 0 Å². The number of ether oxygens (including phenoxy) is 1. The lowest BCUT2D eigenvalue weighted by atomic mass is 10.0. The van der Waals surface area contributed by atoms with Gasteiger partial charge in [0.1, 0.15) is 0 Å². The van der Waals surface area contributed by atoms with Crippen LogP contribution in [-0.2, 0) is 16.0 Å². The molecule has 3 aliphatic rings. The maximum Gasteiger partial charge on any atom is 0.228 e. The fraction of sp³-hybridized carbons (Fsp3) is 0.625. The van der Waals surface area contributed by atoms with Gasteiger partial charge in [-0.25, -0.2) is 4.98 Å². The molecule has 1 amide bonds. The molecule has 2 heterocycles. The molecule has 0 radical (unpaired) electrons. The maximum atomic E-state index is 12.2. The summed E-state index contributed by atoms with van der Waals surface area (Å²) >= 11 is 1.61. The molecule has 5 nitrogen and oxygen atoms in total. The van der Waals surface area contributed by atoms with Crippen molar-refractivity contribution in [1.82, 2.24) is 9.88 Å². The number of amides is 1. The molecule has 1 saturated heterocycles. The van der Waals surface area contributed by atoms with Gasteiger partial charge in [-0.05, 0) is 24.7 Å². The SMILES string of the molecule is O=C(Cc1cnc(NC2CC3C=CC2C3)s1)N1CCOCC1. The molecule has 3 atom stereocenters. The van der Waals surface area contributed by atoms with Crippen LogP contribution in [0, 0.1) is 11.8 Å². The molecule has 4 rings (SSSR count). The van der Waals surface area contributed by atoms with Crippen LogP contribution < -0.4 is 5.32 Å². The highest BCUT2D eigenvalue weighted by Gasteiger charge is 2.35. The van der Waals surface area contributed by atoms with Gasteiger partial charge in [0.2, 0.25) is 5.91 Å². The van der Waals surface area contributed by atoms with E-state index in [1.807, 2.05) is 11.1 Å². The van der Waals surface area contributed by atoms with E-state index in [-0.39, 0.29) is 5.91 Å². The van der Waals surface area contributed by atoms with Crippen molar-refractivity contribution >= 4 is 22.4 Å². The van der Waals surface area contributed by atoms with Crippen LogP contribution in [0.5, 0.6) is 0 Å². The number of hydrogen-bond acceptors (Lipinski definition) is 5. The van der Waals surface area contributed by atoms with Crippen molar-refractivity contribution in [2.45, 2.75) is 25.3 Å². The highest BCUT2D eigenvalue weighted by atomic mass is 32.1. The second-order valence-electron chi connectivity index (χ2n) is 6.33. The summed E-state index contributed by atoms with van der Waals surface area (Å²) in [6, 6.07) is 0.518. The van der Waals surface area contributed by atoms with Crippen LogP contribution in [0.25, 0.3) is 0 Å². The highest BCUT2D eigenvalue weighted by Crippen LogP contribution is 2.40. The van der Waals surface area contributed by atoms with E-state index in [1.54, 1.807) is 11.3 Å². The van der Waals surface area contributed by atoms with Crippen molar-refractivity contribution in [2.75, 3.05) is 31.6 Å². The largest absolute Gasteiger partial charge is 0.378 e. The predicted octanol–water partition coefficient (Wildman–Crippen LogP) is 1.92. The monoisotopic (exact) mass is 319 g/mol. The smallest absolute Gasteiger partial charge is 0.228 e. The quantitative estimate of drug-likeness (QED) is 0.862. The fourth-order valence-corrected chi connectivity index (χ4v) is 4.50. The molecule has 1 aromatic rings. The Kier molecular flexibility index (Phi) is 3.88. The molecule has 118 valence electrons. The molecule has 1 aliphatic heterocycles. The molecule has 2 fully saturated rings. The van der Waals surface area contributed by atoms with E-state index in [1.165, 1.54) is 12.8 Å². The minimum Gasteiger partial charge on any atom is -0.378 e. The minimum atomic E-state index is 0.182. The lowest BCUT2D eigenvalue weighted by Crippen LogP contribution is -2.41. The lowest BCUT2D eigenvalue weighted by molar-refractivity contribution is -0.134. The molecule has 1 saturated carbocycles. The number of hydrogen-bond donors (Lipinski definition) is 1. The molecule has 1 N–H and O–H groups in total. The summed E-state index contributed by atoms with van der Waals surface area (Å²) in [6.45, 7) is 2.72. The van der Waals surface area contributed by atoms with E-state index in [0.717, 1.165) is 15.9 Å². The van der Waals surface area contributed by atoms with Crippen LogP contribution in [0.4, 0.5) is 5.13 Å². The first-order chi connectivity index (χ1) is 10.8. The molecule has 0 aromatic carbocycles. The number of carbonyl (C=O) groups excluding carboxylic acids is 1. The second kappa shape index (κ2) is 6.01. The number of morpholine rings is 1. The van der Waals surface area contributed by atoms with E-state index in [9.17, 15) is 4.79 Å². The van der Waals surface area contributed by atoms with E-state index in [0.29, 0.717) is 44.7 Å². The number of carbonyl (C=O) groups is 1. The molecule has 6 heteroatoms. The van der Waals surface area contributed by atoms with Gasteiger partial charge in [-0.15, -0.1) is 11.3 Å². The topological polar surface area (TPSA) is 54.5 Å². The molecule has 22 heavy (non-hydrogen) atoms. The molecule has 3 unspecified atom stereocenters. The fourth-order valence-electron chi connectivity index (χ4n) is 3.63. The van der Waals surface area contributed by atoms with Crippen LogP contribution in [0.15, 0.2) is 18.3 Å². The number of nitrogens with zero attached hydrogens (tertiary/aromatic N) is 2. The first kappa shape index (κ1) is 14.2. The van der Waals surface area contributed by atoms with Crippen LogP contribution in [0.1, 0.15) is 17.7 Å². The summed E-state index contributed by atoms with van der Waals surface area (Å²) in [7, 11) is 0. The van der Waals surface area contributed by atoms with E-state index >= 15 is 0 Å². The molecular formula is C16H21N3O2S. The number of thiazole rings is 1. The van der Waals surface area contributed by atoms with Crippen molar-refractivity contribution in [3.05, 3.63) is 23.2 Å². The highest BCUT2D eigenvalue weighted by molar-refractivity contribution is 7.15. The number of aromatic nitrogens is 1. The summed E-state index contributed by atoms with van der Waals surface area (Å²) < 4.78 is 5.28. The third-order valence-electron chi connectivity index (χ3n) is 4.83. The average molecular weight is 319 g/mol. The summed E-state index contributed by atoms with van der Waals surface area (Å²) in [5.74, 6) is 1.60. The van der Waals surface area contributed by atoms with E-state index in [2.05, 4.69) is 22.5 Å². The van der Waals surface area contributed by atoms with Gasteiger partial charge in [0.05, 0.1) is 19.6 Å². The summed E-state index contributed by atoms with van der Waals surface area (Å²) in [4.78, 5) is 19.6. The molecular weight excluding hydrogens is 298 g/mol. The normalized spacial score (nSPS) is 30.0. The third kappa shape index (κ3) is 2.90. The van der Waals surface area contributed by atoms with Crippen LogP contribution in [0.2, 0.25) is 0 Å². The van der Waals surface area contributed by atoms with Gasteiger partial charge < -0.3 is 15.0 Å². The van der Waals surface area contributed by atoms with Crippen molar-refractivity contribution in [1.29, 1.82) is 0 Å². The Bertz CT molecular complexity index is 580. The van der Waals surface area contributed by atoms with Gasteiger partial charge in [0.25, 0.3) is 0 Å². The lowest BCUT2D eigenvalue weighted by Gasteiger charge is -2.26. The van der Waals surface area contributed by atoms with Gasteiger partial charge in [-0.2, -0.15) is 0 Å². The van der Waals surface area contributed by atoms with Crippen LogP contribution in [0.3, 0.4) is 0 Å². The van der Waals surface area contributed by atoms with E-state index in [4.69, 9.17) is 4.74 Å². The molecule has 1 aromatic heterocycles. The second-order valence-corrected chi connectivity index (χ2v) is 7.45. The molecule has 0 spiro atoms.